The van der Waals surface area contributed by atoms with Crippen molar-refractivity contribution in [1.29, 1.82) is 0 Å². The molecule has 1 rings (SSSR count). The minimum absolute atomic E-state index is 0.715. The van der Waals surface area contributed by atoms with Gasteiger partial charge in [-0.3, -0.25) is 4.79 Å². The van der Waals surface area contributed by atoms with Gasteiger partial charge in [-0.2, -0.15) is 0 Å². The number of hydrogen-bond donors (Lipinski definition) is 1. The standard InChI is InChI=1S/C7H9NO3/c1-6(2)4(3-9)7(6,8)5(10)11/h4H,8H2,1-2H3. The highest BCUT2D eigenvalue weighted by Gasteiger charge is 2.75. The summed E-state index contributed by atoms with van der Waals surface area (Å²) >= 11 is 0. The molecule has 0 heterocycles. The lowest BCUT2D eigenvalue weighted by Gasteiger charge is -2.04. The summed E-state index contributed by atoms with van der Waals surface area (Å²) < 4.78 is 0. The molecule has 0 bridgehead atoms. The Morgan fingerprint density at radius 3 is 2.09 bits per heavy atom. The zero-order chi connectivity index (χ0) is 8.86. The highest BCUT2D eigenvalue weighted by Crippen LogP contribution is 2.58. The van der Waals surface area contributed by atoms with Crippen molar-refractivity contribution >= 4 is 12.3 Å². The normalized spacial score (nSPS) is 39.7. The molecule has 11 heavy (non-hydrogen) atoms. The summed E-state index contributed by atoms with van der Waals surface area (Å²) in [6.07, 6.45) is 1.61. The molecule has 0 spiro atoms. The van der Waals surface area contributed by atoms with Crippen LogP contribution in [0, 0.1) is 11.3 Å². The number of nitrogens with two attached hydrogens (primary N) is 1. The van der Waals surface area contributed by atoms with Gasteiger partial charge in [-0.05, 0) is 0 Å². The van der Waals surface area contributed by atoms with Gasteiger partial charge in [0.05, 0.1) is 5.92 Å². The van der Waals surface area contributed by atoms with Gasteiger partial charge in [0.1, 0.15) is 5.54 Å². The third-order valence-corrected chi connectivity index (χ3v) is 2.62. The predicted octanol–water partition coefficient (Wildman–Crippen LogP) is -0.593. The lowest BCUT2D eigenvalue weighted by atomic mass is 10.1. The first-order chi connectivity index (χ1) is 4.89. The summed E-state index contributed by atoms with van der Waals surface area (Å²) in [5, 5.41) is 10.5. The molecule has 0 amide bonds. The highest BCUT2D eigenvalue weighted by molar-refractivity contribution is 5.91. The Balaban J connectivity index is 2.95. The third-order valence-electron chi connectivity index (χ3n) is 2.62. The molecule has 4 heteroatoms. The van der Waals surface area contributed by atoms with Gasteiger partial charge in [-0.15, -0.1) is 0 Å². The molecular weight excluding hydrogens is 146 g/mol. The van der Waals surface area contributed by atoms with Crippen LogP contribution in [-0.2, 0) is 14.7 Å². The van der Waals surface area contributed by atoms with E-state index in [0.29, 0.717) is 0 Å². The molecule has 1 aliphatic carbocycles. The van der Waals surface area contributed by atoms with E-state index in [1.54, 1.807) is 20.1 Å². The molecule has 0 aromatic rings. The molecule has 4 nitrogen and oxygen atoms in total. The monoisotopic (exact) mass is 155 g/mol. The van der Waals surface area contributed by atoms with Gasteiger partial charge in [-0.1, -0.05) is 13.8 Å². The summed E-state index contributed by atoms with van der Waals surface area (Å²) in [6, 6.07) is 0. The van der Waals surface area contributed by atoms with Crippen molar-refractivity contribution in [2.45, 2.75) is 19.4 Å². The molecule has 2 N–H and O–H groups in total. The lowest BCUT2D eigenvalue weighted by Crippen LogP contribution is -2.38. The van der Waals surface area contributed by atoms with Crippen LogP contribution >= 0.6 is 0 Å². The maximum atomic E-state index is 10.5. The van der Waals surface area contributed by atoms with Gasteiger partial charge in [0.2, 0.25) is 6.29 Å². The fourth-order valence-corrected chi connectivity index (χ4v) is 1.42. The molecular formula is C7H9NO3. The molecule has 1 aliphatic rings. The summed E-state index contributed by atoms with van der Waals surface area (Å²) in [5.41, 5.74) is 3.18. The molecule has 2 atom stereocenters. The average Bonchev–Trinajstić information content (AvgIpc) is 2.29. The first-order valence-corrected chi connectivity index (χ1v) is 3.27. The number of rotatable bonds is 2. The van der Waals surface area contributed by atoms with Crippen molar-refractivity contribution in [3.63, 3.8) is 0 Å². The van der Waals surface area contributed by atoms with E-state index in [4.69, 9.17) is 5.73 Å². The Morgan fingerprint density at radius 2 is 2.00 bits per heavy atom. The van der Waals surface area contributed by atoms with Gasteiger partial charge >= 0.3 is 5.97 Å². The molecule has 0 saturated heterocycles. The number of carbonyl (C=O) groups excluding carboxylic acids is 2. The van der Waals surface area contributed by atoms with Crippen LogP contribution in [0.25, 0.3) is 0 Å². The van der Waals surface area contributed by atoms with E-state index in [9.17, 15) is 14.7 Å². The van der Waals surface area contributed by atoms with Crippen molar-refractivity contribution in [2.24, 2.45) is 17.1 Å². The maximum absolute atomic E-state index is 10.5. The summed E-state index contributed by atoms with van der Waals surface area (Å²) in [7, 11) is 0. The molecule has 1 saturated carbocycles. The number of carbonyl (C=O) groups is 1. The largest absolute Gasteiger partial charge is 0.376 e. The molecule has 1 fully saturated rings. The van der Waals surface area contributed by atoms with Crippen LogP contribution in [-0.4, -0.2) is 17.8 Å². The fourth-order valence-electron chi connectivity index (χ4n) is 1.42. The zero-order valence-corrected chi connectivity index (χ0v) is 6.38. The van der Waals surface area contributed by atoms with E-state index in [0.717, 1.165) is 0 Å². The SMILES string of the molecule is CC1(C)C([C]=O)C1(N)C([O])=O. The second kappa shape index (κ2) is 1.82. The third kappa shape index (κ3) is 0.673. The Kier molecular flexibility index (Phi) is 1.36. The Hall–Kier alpha value is -0.900. The van der Waals surface area contributed by atoms with Crippen LogP contribution in [0.3, 0.4) is 0 Å². The topological polar surface area (TPSA) is 80.1 Å². The van der Waals surface area contributed by atoms with Gasteiger partial charge < -0.3 is 5.73 Å². The van der Waals surface area contributed by atoms with Gasteiger partial charge in [0, 0.05) is 5.41 Å². The van der Waals surface area contributed by atoms with E-state index in [2.05, 4.69) is 0 Å². The second-order valence-electron chi connectivity index (χ2n) is 3.43. The van der Waals surface area contributed by atoms with E-state index in [1.807, 2.05) is 0 Å². The summed E-state index contributed by atoms with van der Waals surface area (Å²) in [6.45, 7) is 3.22. The van der Waals surface area contributed by atoms with E-state index < -0.39 is 22.8 Å². The molecule has 60 valence electrons. The quantitative estimate of drug-likeness (QED) is 0.578. The highest BCUT2D eigenvalue weighted by atomic mass is 16.4. The smallest absolute Gasteiger partial charge is 0.315 e. The van der Waals surface area contributed by atoms with Crippen molar-refractivity contribution in [1.82, 2.24) is 0 Å². The lowest BCUT2D eigenvalue weighted by molar-refractivity contribution is -0.147. The van der Waals surface area contributed by atoms with E-state index >= 15 is 0 Å². The van der Waals surface area contributed by atoms with Crippen molar-refractivity contribution in [3.05, 3.63) is 0 Å². The van der Waals surface area contributed by atoms with Crippen LogP contribution in [0.15, 0.2) is 0 Å². The molecule has 0 aromatic heterocycles. The fraction of sp³-hybridized carbons (Fsp3) is 0.714. The summed E-state index contributed by atoms with van der Waals surface area (Å²) in [5.74, 6) is -2.11. The van der Waals surface area contributed by atoms with Crippen LogP contribution < -0.4 is 5.73 Å². The predicted molar refractivity (Wildman–Crippen MR) is 35.6 cm³/mol. The Morgan fingerprint density at radius 1 is 1.55 bits per heavy atom. The minimum Gasteiger partial charge on any atom is -0.315 e. The van der Waals surface area contributed by atoms with Crippen molar-refractivity contribution in [2.75, 3.05) is 0 Å². The molecule has 2 unspecified atom stereocenters. The van der Waals surface area contributed by atoms with Crippen LogP contribution in [0.4, 0.5) is 0 Å². The van der Waals surface area contributed by atoms with E-state index in [-0.39, 0.29) is 0 Å². The first-order valence-electron chi connectivity index (χ1n) is 3.27. The first kappa shape index (κ1) is 8.20. The van der Waals surface area contributed by atoms with Gasteiger partial charge in [0.15, 0.2) is 0 Å². The van der Waals surface area contributed by atoms with Gasteiger partial charge in [0.25, 0.3) is 0 Å². The Bertz CT molecular complexity index is 224. The van der Waals surface area contributed by atoms with Crippen LogP contribution in [0.2, 0.25) is 0 Å². The zero-order valence-electron chi connectivity index (χ0n) is 6.38. The van der Waals surface area contributed by atoms with Crippen molar-refractivity contribution < 1.29 is 14.7 Å². The minimum atomic E-state index is -1.51. The maximum Gasteiger partial charge on any atom is 0.376 e. The van der Waals surface area contributed by atoms with Gasteiger partial charge in [-0.25, -0.2) is 9.90 Å². The average molecular weight is 155 g/mol. The van der Waals surface area contributed by atoms with Crippen molar-refractivity contribution in [3.8, 4) is 0 Å². The number of hydrogen-bond acceptors (Lipinski definition) is 3. The molecule has 2 radical (unpaired) electrons. The van der Waals surface area contributed by atoms with Crippen LogP contribution in [0.5, 0.6) is 0 Å². The Labute approximate surface area is 64.4 Å². The molecule has 0 aliphatic heterocycles. The van der Waals surface area contributed by atoms with Crippen LogP contribution in [0.1, 0.15) is 13.8 Å². The second-order valence-corrected chi connectivity index (χ2v) is 3.43. The molecule has 0 aromatic carbocycles. The van der Waals surface area contributed by atoms with E-state index in [1.165, 1.54) is 0 Å². The summed E-state index contributed by atoms with van der Waals surface area (Å²) in [4.78, 5) is 20.7.